The number of rotatable bonds is 8. The van der Waals surface area contributed by atoms with Crippen molar-refractivity contribution in [2.24, 2.45) is 5.92 Å². The number of nitrogens with zero attached hydrogens (tertiary/aromatic N) is 1. The van der Waals surface area contributed by atoms with E-state index in [9.17, 15) is 13.2 Å². The number of carboxylic acids is 1. The summed E-state index contributed by atoms with van der Waals surface area (Å²) in [5.74, 6) is -0.503. The summed E-state index contributed by atoms with van der Waals surface area (Å²) in [6, 6.07) is 0. The summed E-state index contributed by atoms with van der Waals surface area (Å²) >= 11 is 0. The maximum Gasteiger partial charge on any atom is 0.318 e. The molecule has 1 N–H and O–H groups in total. The number of hydrogen-bond donors (Lipinski definition) is 1. The molecule has 0 atom stereocenters. The molecule has 0 amide bonds. The highest BCUT2D eigenvalue weighted by atomic mass is 32.2. The number of hydrogen-bond acceptors (Lipinski definition) is 3. The van der Waals surface area contributed by atoms with Crippen molar-refractivity contribution in [1.29, 1.82) is 0 Å². The van der Waals surface area contributed by atoms with Crippen LogP contribution in [0, 0.1) is 5.92 Å². The average Bonchev–Trinajstić information content (AvgIpc) is 2.37. The molecule has 0 spiro atoms. The summed E-state index contributed by atoms with van der Waals surface area (Å²) in [6.07, 6.45) is 7.17. The fourth-order valence-electron chi connectivity index (χ4n) is 2.64. The van der Waals surface area contributed by atoms with Crippen molar-refractivity contribution in [1.82, 2.24) is 4.31 Å². The molecule has 0 aliphatic heterocycles. The lowest BCUT2D eigenvalue weighted by Gasteiger charge is -2.24. The van der Waals surface area contributed by atoms with Gasteiger partial charge in [0.1, 0.15) is 6.54 Å². The quantitative estimate of drug-likeness (QED) is 0.743. The Morgan fingerprint density at radius 1 is 1.26 bits per heavy atom. The molecule has 1 rings (SSSR count). The first kappa shape index (κ1) is 16.4. The fraction of sp³-hybridized carbons (Fsp3) is 0.923. The van der Waals surface area contributed by atoms with Crippen LogP contribution < -0.4 is 0 Å². The highest BCUT2D eigenvalue weighted by Gasteiger charge is 2.25. The number of carbonyl (C=O) groups is 1. The van der Waals surface area contributed by atoms with Gasteiger partial charge >= 0.3 is 5.97 Å². The first-order valence-electron chi connectivity index (χ1n) is 7.15. The van der Waals surface area contributed by atoms with E-state index in [0.29, 0.717) is 25.3 Å². The molecule has 0 saturated heterocycles. The second-order valence-electron chi connectivity index (χ2n) is 5.34. The van der Waals surface area contributed by atoms with Crippen LogP contribution in [0.3, 0.4) is 0 Å². The summed E-state index contributed by atoms with van der Waals surface area (Å²) in [5, 5.41) is 8.78. The molecule has 0 heterocycles. The van der Waals surface area contributed by atoms with Gasteiger partial charge in [0.2, 0.25) is 10.0 Å². The minimum absolute atomic E-state index is 0.0882. The van der Waals surface area contributed by atoms with Crippen LogP contribution in [0.4, 0.5) is 0 Å². The van der Waals surface area contributed by atoms with Gasteiger partial charge in [0.15, 0.2) is 0 Å². The minimum Gasteiger partial charge on any atom is -0.480 e. The summed E-state index contributed by atoms with van der Waals surface area (Å²) in [4.78, 5) is 10.7. The molecule has 1 fully saturated rings. The smallest absolute Gasteiger partial charge is 0.318 e. The van der Waals surface area contributed by atoms with E-state index in [4.69, 9.17) is 5.11 Å². The number of carboxylic acid groups (broad SMARTS) is 1. The Labute approximate surface area is 116 Å². The van der Waals surface area contributed by atoms with E-state index in [2.05, 4.69) is 0 Å². The second kappa shape index (κ2) is 7.85. The third-order valence-electron chi connectivity index (χ3n) is 3.69. The average molecular weight is 291 g/mol. The summed E-state index contributed by atoms with van der Waals surface area (Å²) in [7, 11) is -3.43. The van der Waals surface area contributed by atoms with Gasteiger partial charge in [0, 0.05) is 6.54 Å². The van der Waals surface area contributed by atoms with Gasteiger partial charge in [-0.05, 0) is 18.8 Å². The second-order valence-corrected chi connectivity index (χ2v) is 7.42. The van der Waals surface area contributed by atoms with Gasteiger partial charge in [0.05, 0.1) is 5.75 Å². The first-order chi connectivity index (χ1) is 8.95. The van der Waals surface area contributed by atoms with Crippen LogP contribution in [0.25, 0.3) is 0 Å². The molecule has 112 valence electrons. The zero-order valence-corrected chi connectivity index (χ0v) is 12.5. The summed E-state index contributed by atoms with van der Waals surface area (Å²) in [5.41, 5.74) is 0. The van der Waals surface area contributed by atoms with Crippen molar-refractivity contribution < 1.29 is 18.3 Å². The minimum atomic E-state index is -3.43. The van der Waals surface area contributed by atoms with Crippen LogP contribution in [-0.2, 0) is 14.8 Å². The van der Waals surface area contributed by atoms with E-state index in [1.165, 1.54) is 19.3 Å². The highest BCUT2D eigenvalue weighted by molar-refractivity contribution is 7.89. The van der Waals surface area contributed by atoms with E-state index in [1.54, 1.807) is 0 Å². The van der Waals surface area contributed by atoms with Crippen molar-refractivity contribution in [3.8, 4) is 0 Å². The molecule has 0 aromatic carbocycles. The van der Waals surface area contributed by atoms with Crippen LogP contribution >= 0.6 is 0 Å². The maximum atomic E-state index is 12.2. The largest absolute Gasteiger partial charge is 0.480 e. The standard InChI is InChI=1S/C13H25NO4S/c1-2-9-14(11-13(15)16)19(17,18)10-8-12-6-4-3-5-7-12/h12H,2-11H2,1H3,(H,15,16). The van der Waals surface area contributed by atoms with Crippen molar-refractivity contribution in [3.05, 3.63) is 0 Å². The molecular weight excluding hydrogens is 266 g/mol. The normalized spacial score (nSPS) is 17.8. The van der Waals surface area contributed by atoms with Gasteiger partial charge in [-0.2, -0.15) is 4.31 Å². The lowest BCUT2D eigenvalue weighted by molar-refractivity contribution is -0.137. The van der Waals surface area contributed by atoms with E-state index < -0.39 is 22.5 Å². The Balaban J connectivity index is 2.52. The predicted octanol–water partition coefficient (Wildman–Crippen LogP) is 2.08. The zero-order valence-electron chi connectivity index (χ0n) is 11.7. The highest BCUT2D eigenvalue weighted by Crippen LogP contribution is 2.26. The lowest BCUT2D eigenvalue weighted by atomic mass is 9.88. The summed E-state index contributed by atoms with van der Waals surface area (Å²) in [6.45, 7) is 1.73. The molecule has 19 heavy (non-hydrogen) atoms. The third-order valence-corrected chi connectivity index (χ3v) is 5.54. The van der Waals surface area contributed by atoms with Gasteiger partial charge in [-0.25, -0.2) is 8.42 Å². The monoisotopic (exact) mass is 291 g/mol. The van der Waals surface area contributed by atoms with Crippen molar-refractivity contribution in [3.63, 3.8) is 0 Å². The first-order valence-corrected chi connectivity index (χ1v) is 8.76. The topological polar surface area (TPSA) is 74.7 Å². The molecule has 5 nitrogen and oxygen atoms in total. The Bertz CT molecular complexity index is 374. The van der Waals surface area contributed by atoms with E-state index >= 15 is 0 Å². The lowest BCUT2D eigenvalue weighted by Crippen LogP contribution is -2.38. The molecule has 0 radical (unpaired) electrons. The Hall–Kier alpha value is -0.620. The van der Waals surface area contributed by atoms with Gasteiger partial charge < -0.3 is 5.11 Å². The van der Waals surface area contributed by atoms with Crippen LogP contribution in [0.1, 0.15) is 51.9 Å². The third kappa shape index (κ3) is 5.91. The van der Waals surface area contributed by atoms with Gasteiger partial charge in [-0.1, -0.05) is 39.0 Å². The SMILES string of the molecule is CCCN(CC(=O)O)S(=O)(=O)CCC1CCCCC1. The van der Waals surface area contributed by atoms with Gasteiger partial charge in [0.25, 0.3) is 0 Å². The van der Waals surface area contributed by atoms with Crippen molar-refractivity contribution >= 4 is 16.0 Å². The Morgan fingerprint density at radius 3 is 2.42 bits per heavy atom. The van der Waals surface area contributed by atoms with Crippen LogP contribution in [0.5, 0.6) is 0 Å². The van der Waals surface area contributed by atoms with Gasteiger partial charge in [-0.15, -0.1) is 0 Å². The molecule has 6 heteroatoms. The molecule has 0 aromatic rings. The van der Waals surface area contributed by atoms with Crippen LogP contribution in [-0.4, -0.2) is 42.6 Å². The van der Waals surface area contributed by atoms with Crippen LogP contribution in [0.15, 0.2) is 0 Å². The summed E-state index contributed by atoms with van der Waals surface area (Å²) < 4.78 is 25.4. The predicted molar refractivity (Wildman–Crippen MR) is 74.5 cm³/mol. The van der Waals surface area contributed by atoms with Crippen LogP contribution in [0.2, 0.25) is 0 Å². The molecule has 0 aromatic heterocycles. The molecule has 1 aliphatic carbocycles. The zero-order chi connectivity index (χ0) is 14.3. The fourth-order valence-corrected chi connectivity index (χ4v) is 4.29. The van der Waals surface area contributed by atoms with Crippen molar-refractivity contribution in [2.75, 3.05) is 18.8 Å². The van der Waals surface area contributed by atoms with E-state index in [-0.39, 0.29) is 5.75 Å². The Morgan fingerprint density at radius 2 is 1.89 bits per heavy atom. The molecular formula is C13H25NO4S. The molecule has 0 unspecified atom stereocenters. The molecule has 0 bridgehead atoms. The van der Waals surface area contributed by atoms with E-state index in [1.807, 2.05) is 6.92 Å². The number of aliphatic carboxylic acids is 1. The molecule has 1 aliphatic rings. The maximum absolute atomic E-state index is 12.2. The molecule has 1 saturated carbocycles. The van der Waals surface area contributed by atoms with Crippen molar-refractivity contribution in [2.45, 2.75) is 51.9 Å². The van der Waals surface area contributed by atoms with Gasteiger partial charge in [-0.3, -0.25) is 4.79 Å². The Kier molecular flexibility index (Phi) is 6.79. The number of sulfonamides is 1. The van der Waals surface area contributed by atoms with E-state index in [0.717, 1.165) is 17.1 Å².